The molecule has 0 bridgehead atoms. The van der Waals surface area contributed by atoms with Gasteiger partial charge in [-0.25, -0.2) is 0 Å². The number of hydrogen-bond donors (Lipinski definition) is 2. The molecule has 1 fully saturated rings. The van der Waals surface area contributed by atoms with Crippen molar-refractivity contribution in [1.29, 1.82) is 0 Å². The fourth-order valence-corrected chi connectivity index (χ4v) is 0.902. The van der Waals surface area contributed by atoms with Gasteiger partial charge in [-0.15, -0.1) is 0 Å². The number of rotatable bonds is 2. The van der Waals surface area contributed by atoms with Crippen LogP contribution in [0.2, 0.25) is 0 Å². The summed E-state index contributed by atoms with van der Waals surface area (Å²) >= 11 is 0. The molecule has 4 nitrogen and oxygen atoms in total. The lowest BCUT2D eigenvalue weighted by Crippen LogP contribution is -2.57. The summed E-state index contributed by atoms with van der Waals surface area (Å²) in [6.07, 6.45) is 0.332. The fraction of sp³-hybridized carbons (Fsp3) is 0.714. The van der Waals surface area contributed by atoms with Crippen LogP contribution < -0.4 is 10.6 Å². The summed E-state index contributed by atoms with van der Waals surface area (Å²) in [5.41, 5.74) is 0. The third kappa shape index (κ3) is 1.93. The summed E-state index contributed by atoms with van der Waals surface area (Å²) < 4.78 is 0. The van der Waals surface area contributed by atoms with Crippen molar-refractivity contribution < 1.29 is 9.59 Å². The molecule has 2 N–H and O–H groups in total. The highest BCUT2D eigenvalue weighted by molar-refractivity contribution is 5.97. The smallest absolute Gasteiger partial charge is 0.243 e. The molecule has 2 amide bonds. The van der Waals surface area contributed by atoms with E-state index < -0.39 is 0 Å². The van der Waals surface area contributed by atoms with Gasteiger partial charge in [0.25, 0.3) is 0 Å². The molecule has 0 spiro atoms. The summed E-state index contributed by atoms with van der Waals surface area (Å²) in [5, 5.41) is 5.21. The number of β-lactam (4-membered cyclic amide) rings is 1. The Morgan fingerprint density at radius 3 is 2.64 bits per heavy atom. The minimum atomic E-state index is -0.287. The van der Waals surface area contributed by atoms with Crippen LogP contribution in [0.25, 0.3) is 0 Å². The van der Waals surface area contributed by atoms with Crippen molar-refractivity contribution in [3.8, 4) is 0 Å². The highest BCUT2D eigenvalue weighted by Crippen LogP contribution is 2.03. The Balaban J connectivity index is 2.26. The Kier molecular flexibility index (Phi) is 2.12. The SMILES string of the molecule is CC(C)NC(=O)C1CC(=O)N1. The molecule has 0 aromatic carbocycles. The highest BCUT2D eigenvalue weighted by Gasteiger charge is 2.31. The third-order valence-electron chi connectivity index (χ3n) is 1.47. The van der Waals surface area contributed by atoms with Crippen molar-refractivity contribution in [3.63, 3.8) is 0 Å². The predicted octanol–water partition coefficient (Wildman–Crippen LogP) is -0.601. The number of amides is 2. The van der Waals surface area contributed by atoms with Gasteiger partial charge >= 0.3 is 0 Å². The number of nitrogens with one attached hydrogen (secondary N) is 2. The van der Waals surface area contributed by atoms with Gasteiger partial charge in [0.2, 0.25) is 11.8 Å². The third-order valence-corrected chi connectivity index (χ3v) is 1.47. The van der Waals surface area contributed by atoms with Crippen LogP contribution in [0.3, 0.4) is 0 Å². The lowest BCUT2D eigenvalue weighted by Gasteiger charge is -2.26. The van der Waals surface area contributed by atoms with E-state index in [-0.39, 0.29) is 23.9 Å². The Bertz CT molecular complexity index is 181. The van der Waals surface area contributed by atoms with E-state index in [1.54, 1.807) is 0 Å². The molecule has 1 atom stereocenters. The van der Waals surface area contributed by atoms with Crippen molar-refractivity contribution in [2.75, 3.05) is 0 Å². The molecule has 1 saturated heterocycles. The maximum absolute atomic E-state index is 11.1. The van der Waals surface area contributed by atoms with Crippen molar-refractivity contribution >= 4 is 11.8 Å². The quantitative estimate of drug-likeness (QED) is 0.524. The van der Waals surface area contributed by atoms with Crippen LogP contribution in [0, 0.1) is 0 Å². The Hall–Kier alpha value is -1.06. The zero-order valence-corrected chi connectivity index (χ0v) is 6.68. The average Bonchev–Trinajstić information content (AvgIpc) is 1.79. The van der Waals surface area contributed by atoms with Gasteiger partial charge in [0, 0.05) is 6.04 Å². The molecule has 1 unspecified atom stereocenters. The molecule has 1 rings (SSSR count). The van der Waals surface area contributed by atoms with Gasteiger partial charge in [-0.3, -0.25) is 9.59 Å². The van der Waals surface area contributed by atoms with E-state index in [1.807, 2.05) is 13.8 Å². The number of hydrogen-bond acceptors (Lipinski definition) is 2. The zero-order chi connectivity index (χ0) is 8.43. The van der Waals surface area contributed by atoms with E-state index in [9.17, 15) is 9.59 Å². The molecule has 0 saturated carbocycles. The van der Waals surface area contributed by atoms with Crippen LogP contribution in [-0.2, 0) is 9.59 Å². The number of carbonyl (C=O) groups is 2. The Labute approximate surface area is 65.3 Å². The van der Waals surface area contributed by atoms with E-state index in [0.29, 0.717) is 6.42 Å². The predicted molar refractivity (Wildman–Crippen MR) is 39.8 cm³/mol. The minimum Gasteiger partial charge on any atom is -0.352 e. The standard InChI is InChI=1S/C7H12N2O2/c1-4(2)8-7(11)5-3-6(10)9-5/h4-5H,3H2,1-2H3,(H,8,11)(H,9,10). The van der Waals surface area contributed by atoms with Crippen LogP contribution in [0.5, 0.6) is 0 Å². The van der Waals surface area contributed by atoms with E-state index >= 15 is 0 Å². The molecule has 0 aromatic heterocycles. The average molecular weight is 156 g/mol. The topological polar surface area (TPSA) is 58.2 Å². The first-order valence-electron chi connectivity index (χ1n) is 3.69. The van der Waals surface area contributed by atoms with Gasteiger partial charge in [-0.05, 0) is 13.8 Å². The number of carbonyl (C=O) groups excluding carboxylic acids is 2. The largest absolute Gasteiger partial charge is 0.352 e. The first kappa shape index (κ1) is 8.04. The van der Waals surface area contributed by atoms with Crippen LogP contribution >= 0.6 is 0 Å². The molecule has 1 aliphatic rings. The molecule has 4 heteroatoms. The molecule has 1 aliphatic heterocycles. The molecule has 11 heavy (non-hydrogen) atoms. The fourth-order valence-electron chi connectivity index (χ4n) is 0.902. The van der Waals surface area contributed by atoms with E-state index in [4.69, 9.17) is 0 Å². The Morgan fingerprint density at radius 2 is 2.27 bits per heavy atom. The van der Waals surface area contributed by atoms with Crippen molar-refractivity contribution in [2.24, 2.45) is 0 Å². The van der Waals surface area contributed by atoms with Crippen molar-refractivity contribution in [1.82, 2.24) is 10.6 Å². The summed E-state index contributed by atoms with van der Waals surface area (Å²) in [5.74, 6) is -0.131. The van der Waals surface area contributed by atoms with Crippen LogP contribution in [-0.4, -0.2) is 23.9 Å². The van der Waals surface area contributed by atoms with Gasteiger partial charge in [0.1, 0.15) is 6.04 Å². The molecule has 0 aliphatic carbocycles. The van der Waals surface area contributed by atoms with E-state index in [2.05, 4.69) is 10.6 Å². The van der Waals surface area contributed by atoms with E-state index in [0.717, 1.165) is 0 Å². The summed E-state index contributed by atoms with van der Waals surface area (Å²) in [6, 6.07) is -0.148. The monoisotopic (exact) mass is 156 g/mol. The molecular formula is C7H12N2O2. The molecule has 0 radical (unpaired) electrons. The summed E-state index contributed by atoms with van der Waals surface area (Å²) in [6.45, 7) is 3.77. The lowest BCUT2D eigenvalue weighted by molar-refractivity contribution is -0.137. The van der Waals surface area contributed by atoms with Crippen molar-refractivity contribution in [3.05, 3.63) is 0 Å². The molecule has 0 aromatic rings. The van der Waals surface area contributed by atoms with Crippen LogP contribution in [0.1, 0.15) is 20.3 Å². The lowest BCUT2D eigenvalue weighted by atomic mass is 10.1. The van der Waals surface area contributed by atoms with Gasteiger partial charge in [-0.2, -0.15) is 0 Å². The summed E-state index contributed by atoms with van der Waals surface area (Å²) in [4.78, 5) is 21.5. The maximum atomic E-state index is 11.1. The first-order chi connectivity index (χ1) is 5.09. The van der Waals surface area contributed by atoms with E-state index in [1.165, 1.54) is 0 Å². The van der Waals surface area contributed by atoms with Crippen molar-refractivity contribution in [2.45, 2.75) is 32.4 Å². The van der Waals surface area contributed by atoms with Gasteiger partial charge in [0.15, 0.2) is 0 Å². The van der Waals surface area contributed by atoms with Gasteiger partial charge in [0.05, 0.1) is 6.42 Å². The summed E-state index contributed by atoms with van der Waals surface area (Å²) in [7, 11) is 0. The van der Waals surface area contributed by atoms with Crippen LogP contribution in [0.4, 0.5) is 0 Å². The minimum absolute atomic E-state index is 0.0473. The second kappa shape index (κ2) is 2.90. The second-order valence-electron chi connectivity index (χ2n) is 2.99. The normalized spacial score (nSPS) is 22.5. The Morgan fingerprint density at radius 1 is 1.73 bits per heavy atom. The maximum Gasteiger partial charge on any atom is 0.243 e. The molecule has 1 heterocycles. The zero-order valence-electron chi connectivity index (χ0n) is 6.68. The highest BCUT2D eigenvalue weighted by atomic mass is 16.2. The van der Waals surface area contributed by atoms with Gasteiger partial charge < -0.3 is 10.6 Å². The van der Waals surface area contributed by atoms with Crippen LogP contribution in [0.15, 0.2) is 0 Å². The molecule has 62 valence electrons. The second-order valence-corrected chi connectivity index (χ2v) is 2.99. The molecular weight excluding hydrogens is 144 g/mol. The first-order valence-corrected chi connectivity index (χ1v) is 3.69. The van der Waals surface area contributed by atoms with Gasteiger partial charge in [-0.1, -0.05) is 0 Å².